The van der Waals surface area contributed by atoms with Crippen LogP contribution in [0.15, 0.2) is 48.8 Å². The molecule has 10 heteroatoms. The van der Waals surface area contributed by atoms with E-state index in [1.165, 1.54) is 11.3 Å². The first kappa shape index (κ1) is 23.9. The number of hydrogen-bond donors (Lipinski definition) is 3. The molecule has 8 nitrogen and oxygen atoms in total. The fourth-order valence-corrected chi connectivity index (χ4v) is 6.44. The van der Waals surface area contributed by atoms with Gasteiger partial charge in [-0.05, 0) is 43.2 Å². The number of hydrogen-bond acceptors (Lipinski definition) is 6. The predicted molar refractivity (Wildman–Crippen MR) is 145 cm³/mol. The quantitative estimate of drug-likeness (QED) is 0.344. The molecular weight excluding hydrogens is 508 g/mol. The maximum Gasteiger partial charge on any atom is 0.280 e. The maximum atomic E-state index is 13.2. The maximum absolute atomic E-state index is 13.2. The molecular formula is C27H27ClN6O2S. The number of nitrogens with zero attached hydrogens (tertiary/aromatic N) is 3. The summed E-state index contributed by atoms with van der Waals surface area (Å²) in [4.78, 5) is 41.6. The highest BCUT2D eigenvalue weighted by atomic mass is 35.5. The molecule has 0 spiro atoms. The molecule has 1 aliphatic carbocycles. The van der Waals surface area contributed by atoms with Gasteiger partial charge in [-0.25, -0.2) is 4.98 Å². The zero-order chi connectivity index (χ0) is 25.4. The fourth-order valence-electron chi connectivity index (χ4n) is 5.24. The first-order valence-corrected chi connectivity index (χ1v) is 13.8. The lowest BCUT2D eigenvalue weighted by atomic mass is 9.90. The van der Waals surface area contributed by atoms with E-state index >= 15 is 0 Å². The van der Waals surface area contributed by atoms with Crippen LogP contribution in [0.25, 0.3) is 10.9 Å². The number of aromatic amines is 1. The molecule has 0 radical (unpaired) electrons. The molecule has 2 aliphatic rings. The number of carbonyl (C=O) groups excluding carboxylic acids is 2. The molecule has 0 bridgehead atoms. The summed E-state index contributed by atoms with van der Waals surface area (Å²) in [7, 11) is 0. The number of carbonyl (C=O) groups is 2. The van der Waals surface area contributed by atoms with Gasteiger partial charge >= 0.3 is 0 Å². The van der Waals surface area contributed by atoms with Gasteiger partial charge in [0.1, 0.15) is 5.69 Å². The van der Waals surface area contributed by atoms with Crippen LogP contribution in [0.1, 0.15) is 56.5 Å². The Morgan fingerprint density at radius 3 is 2.57 bits per heavy atom. The highest BCUT2D eigenvalue weighted by Gasteiger charge is 2.30. The van der Waals surface area contributed by atoms with E-state index < -0.39 is 0 Å². The molecule has 1 fully saturated rings. The summed E-state index contributed by atoms with van der Waals surface area (Å²) in [6.07, 6.45) is 8.05. The molecule has 190 valence electrons. The number of H-pyrrole nitrogens is 1. The third-order valence-electron chi connectivity index (χ3n) is 7.18. The van der Waals surface area contributed by atoms with Gasteiger partial charge in [-0.1, -0.05) is 30.5 Å². The smallest absolute Gasteiger partial charge is 0.280 e. The van der Waals surface area contributed by atoms with Crippen LogP contribution in [0.3, 0.4) is 0 Å². The van der Waals surface area contributed by atoms with E-state index in [1.54, 1.807) is 24.5 Å². The summed E-state index contributed by atoms with van der Waals surface area (Å²) >= 11 is 7.54. The number of rotatable bonds is 5. The number of nitrogens with one attached hydrogen (secondary N) is 3. The Hall–Kier alpha value is -3.43. The van der Waals surface area contributed by atoms with Crippen LogP contribution in [0.2, 0.25) is 5.02 Å². The summed E-state index contributed by atoms with van der Waals surface area (Å²) in [5.41, 5.74) is 3.44. The van der Waals surface area contributed by atoms with Crippen LogP contribution < -0.4 is 15.5 Å². The second-order valence-corrected chi connectivity index (χ2v) is 11.1. The van der Waals surface area contributed by atoms with Crippen molar-refractivity contribution in [1.29, 1.82) is 0 Å². The van der Waals surface area contributed by atoms with Gasteiger partial charge in [0, 0.05) is 63.9 Å². The van der Waals surface area contributed by atoms with Gasteiger partial charge in [0.25, 0.3) is 11.8 Å². The Bertz CT molecular complexity index is 1450. The van der Waals surface area contributed by atoms with E-state index in [9.17, 15) is 9.59 Å². The molecule has 2 amide bonds. The monoisotopic (exact) mass is 534 g/mol. The Morgan fingerprint density at radius 1 is 1.03 bits per heavy atom. The zero-order valence-electron chi connectivity index (χ0n) is 20.2. The van der Waals surface area contributed by atoms with Crippen LogP contribution in [-0.4, -0.2) is 45.4 Å². The second kappa shape index (κ2) is 10.1. The average Bonchev–Trinajstić information content (AvgIpc) is 3.54. The first-order valence-electron chi connectivity index (χ1n) is 12.6. The molecule has 2 atom stereocenters. The molecule has 1 saturated carbocycles. The Kier molecular flexibility index (Phi) is 6.56. The van der Waals surface area contributed by atoms with Crippen molar-refractivity contribution in [3.05, 3.63) is 75.1 Å². The first-order chi connectivity index (χ1) is 18.0. The van der Waals surface area contributed by atoms with E-state index in [4.69, 9.17) is 11.6 Å². The normalized spacial score (nSPS) is 19.4. The summed E-state index contributed by atoms with van der Waals surface area (Å²) < 4.78 is 0. The number of fused-ring (bicyclic) bond motifs is 2. The minimum Gasteiger partial charge on any atom is -0.366 e. The predicted octanol–water partition coefficient (Wildman–Crippen LogP) is 4.71. The molecule has 37 heavy (non-hydrogen) atoms. The van der Waals surface area contributed by atoms with Gasteiger partial charge in [-0.3, -0.25) is 14.6 Å². The lowest BCUT2D eigenvalue weighted by Gasteiger charge is -2.32. The van der Waals surface area contributed by atoms with Gasteiger partial charge in [0.2, 0.25) is 0 Å². The van der Waals surface area contributed by atoms with E-state index in [0.29, 0.717) is 15.7 Å². The Morgan fingerprint density at radius 2 is 1.78 bits per heavy atom. The number of amides is 2. The van der Waals surface area contributed by atoms with Gasteiger partial charge < -0.3 is 20.5 Å². The van der Waals surface area contributed by atoms with Crippen LogP contribution in [0.5, 0.6) is 0 Å². The highest BCUT2D eigenvalue weighted by molar-refractivity contribution is 7.13. The Labute approximate surface area is 223 Å². The lowest BCUT2D eigenvalue weighted by Crippen LogP contribution is -2.53. The second-order valence-electron chi connectivity index (χ2n) is 9.62. The van der Waals surface area contributed by atoms with E-state index in [0.717, 1.165) is 72.4 Å². The molecule has 1 aliphatic heterocycles. The van der Waals surface area contributed by atoms with Crippen molar-refractivity contribution >= 4 is 51.3 Å². The van der Waals surface area contributed by atoms with Crippen molar-refractivity contribution in [2.24, 2.45) is 0 Å². The largest absolute Gasteiger partial charge is 0.366 e. The molecule has 6 rings (SSSR count). The molecule has 3 aromatic heterocycles. The molecule has 4 heterocycles. The fraction of sp³-hybridized carbons (Fsp3) is 0.333. The van der Waals surface area contributed by atoms with Gasteiger partial charge in [0.05, 0.1) is 12.2 Å². The summed E-state index contributed by atoms with van der Waals surface area (Å²) in [5, 5.41) is 8.35. The molecule has 1 aromatic carbocycles. The van der Waals surface area contributed by atoms with Crippen molar-refractivity contribution in [1.82, 2.24) is 25.6 Å². The number of anilines is 1. The number of halogens is 1. The number of pyridine rings is 1. The molecule has 0 saturated heterocycles. The lowest BCUT2D eigenvalue weighted by molar-refractivity contribution is 0.0860. The third-order valence-corrected chi connectivity index (χ3v) is 8.50. The molecule has 4 aromatic rings. The van der Waals surface area contributed by atoms with Crippen molar-refractivity contribution in [3.8, 4) is 0 Å². The van der Waals surface area contributed by atoms with Gasteiger partial charge in [-0.15, -0.1) is 11.3 Å². The topological polar surface area (TPSA) is 103 Å². The molecule has 0 unspecified atom stereocenters. The Balaban J connectivity index is 1.12. The van der Waals surface area contributed by atoms with Crippen LogP contribution in [-0.2, 0) is 13.0 Å². The van der Waals surface area contributed by atoms with E-state index in [2.05, 4.69) is 30.5 Å². The van der Waals surface area contributed by atoms with E-state index in [-0.39, 0.29) is 23.9 Å². The number of aromatic nitrogens is 3. The molecule has 3 N–H and O–H groups in total. The third kappa shape index (κ3) is 5.06. The minimum atomic E-state index is -0.181. The summed E-state index contributed by atoms with van der Waals surface area (Å²) in [5.74, 6) is -0.347. The number of thiazole rings is 1. The van der Waals surface area contributed by atoms with Crippen molar-refractivity contribution < 1.29 is 9.59 Å². The van der Waals surface area contributed by atoms with Crippen molar-refractivity contribution in [2.45, 2.75) is 50.7 Å². The number of benzene rings is 1. The van der Waals surface area contributed by atoms with E-state index in [1.807, 2.05) is 24.3 Å². The standard InChI is InChI=1S/C27H27ClN6O2S/c28-17-6-5-16-13-23(30-22(16)14-17)25(35)31-19-3-1-2-4-20(19)32-26(36)27-33-21-9-12-34(15-24(21)37-27)18-7-10-29-11-8-18/h5-8,10-11,13-14,19-20,30H,1-4,9,12,15H2,(H,31,35)(H,32,36)/t19-,20+/m1/s1. The zero-order valence-corrected chi connectivity index (χ0v) is 21.7. The van der Waals surface area contributed by atoms with Crippen LogP contribution >= 0.6 is 22.9 Å². The highest BCUT2D eigenvalue weighted by Crippen LogP contribution is 2.29. The average molecular weight is 535 g/mol. The SMILES string of the molecule is O=C(N[C@@H]1CCCC[C@@H]1NC(=O)c1nc2c(s1)CN(c1ccncc1)CC2)c1cc2ccc(Cl)cc2[nH]1. The van der Waals surface area contributed by atoms with Gasteiger partial charge in [0.15, 0.2) is 5.01 Å². The van der Waals surface area contributed by atoms with Crippen LogP contribution in [0, 0.1) is 0 Å². The van der Waals surface area contributed by atoms with Crippen molar-refractivity contribution in [3.63, 3.8) is 0 Å². The summed E-state index contributed by atoms with van der Waals surface area (Å²) in [6.45, 7) is 1.60. The van der Waals surface area contributed by atoms with Crippen molar-refractivity contribution in [2.75, 3.05) is 11.4 Å². The minimum absolute atomic E-state index is 0.140. The van der Waals surface area contributed by atoms with Crippen LogP contribution in [0.4, 0.5) is 5.69 Å². The summed E-state index contributed by atoms with van der Waals surface area (Å²) in [6, 6.07) is 11.0. The van der Waals surface area contributed by atoms with Gasteiger partial charge in [-0.2, -0.15) is 0 Å².